The zero-order chi connectivity index (χ0) is 6.32. The van der Waals surface area contributed by atoms with Gasteiger partial charge in [0.05, 0.1) is 13.2 Å². The molecule has 1 aliphatic carbocycles. The quantitative estimate of drug-likeness (QED) is 0.574. The van der Waals surface area contributed by atoms with Crippen LogP contribution in [0.4, 0.5) is 0 Å². The summed E-state index contributed by atoms with van der Waals surface area (Å²) in [7, 11) is 0. The first-order valence-electron chi connectivity index (χ1n) is 3.48. The molecule has 1 nitrogen and oxygen atoms in total. The van der Waals surface area contributed by atoms with Crippen molar-refractivity contribution in [2.75, 3.05) is 18.5 Å². The summed E-state index contributed by atoms with van der Waals surface area (Å²) < 4.78 is 5.16. The van der Waals surface area contributed by atoms with E-state index in [1.54, 1.807) is 0 Å². The SMILES string of the molecule is BrCC1CC2(COC2)C1. The van der Waals surface area contributed by atoms with E-state index >= 15 is 0 Å². The van der Waals surface area contributed by atoms with Gasteiger partial charge in [0.2, 0.25) is 0 Å². The molecule has 0 unspecified atom stereocenters. The number of hydrogen-bond acceptors (Lipinski definition) is 1. The smallest absolute Gasteiger partial charge is 0.0545 e. The third-order valence-electron chi connectivity index (χ3n) is 2.48. The van der Waals surface area contributed by atoms with Crippen molar-refractivity contribution in [3.05, 3.63) is 0 Å². The Balaban J connectivity index is 1.82. The van der Waals surface area contributed by atoms with Gasteiger partial charge in [-0.1, -0.05) is 15.9 Å². The minimum atomic E-state index is 0.665. The lowest BCUT2D eigenvalue weighted by Gasteiger charge is -2.53. The molecule has 2 rings (SSSR count). The molecule has 1 saturated carbocycles. The maximum atomic E-state index is 5.16. The van der Waals surface area contributed by atoms with Gasteiger partial charge in [0.15, 0.2) is 0 Å². The molecule has 0 aromatic carbocycles. The molecule has 0 aromatic heterocycles. The van der Waals surface area contributed by atoms with E-state index in [1.807, 2.05) is 0 Å². The highest BCUT2D eigenvalue weighted by Crippen LogP contribution is 2.50. The molecule has 2 aliphatic rings. The Morgan fingerprint density at radius 3 is 2.44 bits per heavy atom. The highest BCUT2D eigenvalue weighted by molar-refractivity contribution is 9.09. The fourth-order valence-electron chi connectivity index (χ4n) is 1.90. The molecule has 1 heterocycles. The monoisotopic (exact) mass is 190 g/mol. The van der Waals surface area contributed by atoms with E-state index in [9.17, 15) is 0 Å². The Morgan fingerprint density at radius 1 is 1.44 bits per heavy atom. The first-order valence-corrected chi connectivity index (χ1v) is 4.61. The van der Waals surface area contributed by atoms with Gasteiger partial charge < -0.3 is 4.74 Å². The Kier molecular flexibility index (Phi) is 1.34. The van der Waals surface area contributed by atoms with Crippen molar-refractivity contribution in [1.82, 2.24) is 0 Å². The van der Waals surface area contributed by atoms with Crippen LogP contribution in [-0.4, -0.2) is 18.5 Å². The molecular formula is C7H11BrO. The number of ether oxygens (including phenoxy) is 1. The van der Waals surface area contributed by atoms with E-state index in [-0.39, 0.29) is 0 Å². The van der Waals surface area contributed by atoms with Crippen LogP contribution >= 0.6 is 15.9 Å². The van der Waals surface area contributed by atoms with Gasteiger partial charge in [-0.25, -0.2) is 0 Å². The lowest BCUT2D eigenvalue weighted by atomic mass is 9.61. The normalized spacial score (nSPS) is 31.7. The van der Waals surface area contributed by atoms with Gasteiger partial charge in [-0.05, 0) is 18.8 Å². The molecule has 0 bridgehead atoms. The van der Waals surface area contributed by atoms with Crippen LogP contribution in [0.2, 0.25) is 0 Å². The summed E-state index contributed by atoms with van der Waals surface area (Å²) in [5.74, 6) is 0.953. The largest absolute Gasteiger partial charge is 0.380 e. The number of halogens is 1. The van der Waals surface area contributed by atoms with Crippen molar-refractivity contribution < 1.29 is 4.74 Å². The van der Waals surface area contributed by atoms with E-state index in [0.717, 1.165) is 19.1 Å². The predicted molar refractivity (Wildman–Crippen MR) is 39.8 cm³/mol. The fourth-order valence-corrected chi connectivity index (χ4v) is 2.36. The number of rotatable bonds is 1. The molecule has 9 heavy (non-hydrogen) atoms. The summed E-state index contributed by atoms with van der Waals surface area (Å²) in [5, 5.41) is 1.19. The second kappa shape index (κ2) is 1.96. The van der Waals surface area contributed by atoms with Crippen LogP contribution in [0.5, 0.6) is 0 Å². The van der Waals surface area contributed by atoms with Crippen LogP contribution in [0.15, 0.2) is 0 Å². The standard InChI is InChI=1S/C7H11BrO/c8-3-6-1-7(2-6)4-9-5-7/h6H,1-5H2. The molecule has 2 heteroatoms. The molecular weight excluding hydrogens is 180 g/mol. The van der Waals surface area contributed by atoms with Gasteiger partial charge in [-0.3, -0.25) is 0 Å². The summed E-state index contributed by atoms with van der Waals surface area (Å²) in [6, 6.07) is 0. The van der Waals surface area contributed by atoms with Crippen molar-refractivity contribution in [3.8, 4) is 0 Å². The Hall–Kier alpha value is 0.440. The van der Waals surface area contributed by atoms with Crippen LogP contribution in [0.3, 0.4) is 0 Å². The summed E-state index contributed by atoms with van der Waals surface area (Å²) in [6.45, 7) is 2.08. The summed E-state index contributed by atoms with van der Waals surface area (Å²) >= 11 is 3.49. The molecule has 0 radical (unpaired) electrons. The van der Waals surface area contributed by atoms with Gasteiger partial charge in [0, 0.05) is 10.7 Å². The van der Waals surface area contributed by atoms with Gasteiger partial charge in [0.1, 0.15) is 0 Å². The third-order valence-corrected chi connectivity index (χ3v) is 3.39. The third kappa shape index (κ3) is 0.838. The van der Waals surface area contributed by atoms with Crippen LogP contribution in [0, 0.1) is 11.3 Å². The minimum absolute atomic E-state index is 0.665. The highest BCUT2D eigenvalue weighted by atomic mass is 79.9. The van der Waals surface area contributed by atoms with E-state index in [4.69, 9.17) is 4.74 Å². The van der Waals surface area contributed by atoms with Crippen molar-refractivity contribution in [3.63, 3.8) is 0 Å². The van der Waals surface area contributed by atoms with Crippen LogP contribution in [-0.2, 0) is 4.74 Å². The van der Waals surface area contributed by atoms with Crippen molar-refractivity contribution in [2.45, 2.75) is 12.8 Å². The highest BCUT2D eigenvalue weighted by Gasteiger charge is 2.48. The zero-order valence-electron chi connectivity index (χ0n) is 5.40. The number of alkyl halides is 1. The Labute approximate surface area is 63.9 Å². The Bertz CT molecular complexity index is 112. The van der Waals surface area contributed by atoms with Crippen LogP contribution in [0.25, 0.3) is 0 Å². The average Bonchev–Trinajstić information content (AvgIpc) is 1.59. The molecule has 1 spiro atoms. The predicted octanol–water partition coefficient (Wildman–Crippen LogP) is 1.81. The molecule has 2 fully saturated rings. The fraction of sp³-hybridized carbons (Fsp3) is 1.00. The van der Waals surface area contributed by atoms with Crippen molar-refractivity contribution in [1.29, 1.82) is 0 Å². The second-order valence-corrected chi connectivity index (χ2v) is 4.07. The maximum absolute atomic E-state index is 5.16. The molecule has 0 N–H and O–H groups in total. The first-order chi connectivity index (χ1) is 4.35. The van der Waals surface area contributed by atoms with Crippen LogP contribution < -0.4 is 0 Å². The van der Waals surface area contributed by atoms with Gasteiger partial charge >= 0.3 is 0 Å². The van der Waals surface area contributed by atoms with Crippen LogP contribution in [0.1, 0.15) is 12.8 Å². The summed E-state index contributed by atoms with van der Waals surface area (Å²) in [6.07, 6.45) is 2.80. The topological polar surface area (TPSA) is 9.23 Å². The van der Waals surface area contributed by atoms with E-state index in [2.05, 4.69) is 15.9 Å². The Morgan fingerprint density at radius 2 is 2.11 bits per heavy atom. The van der Waals surface area contributed by atoms with Crippen molar-refractivity contribution >= 4 is 15.9 Å². The van der Waals surface area contributed by atoms with Crippen molar-refractivity contribution in [2.24, 2.45) is 11.3 Å². The summed E-state index contributed by atoms with van der Waals surface area (Å²) in [4.78, 5) is 0. The first kappa shape index (κ1) is 6.17. The molecule has 1 saturated heterocycles. The minimum Gasteiger partial charge on any atom is -0.380 e. The molecule has 0 atom stereocenters. The summed E-state index contributed by atoms with van der Waals surface area (Å²) in [5.41, 5.74) is 0.665. The molecule has 1 aliphatic heterocycles. The van der Waals surface area contributed by atoms with E-state index < -0.39 is 0 Å². The molecule has 0 amide bonds. The second-order valence-electron chi connectivity index (χ2n) is 3.42. The van der Waals surface area contributed by atoms with Gasteiger partial charge in [-0.15, -0.1) is 0 Å². The lowest BCUT2D eigenvalue weighted by molar-refractivity contribution is -0.174. The van der Waals surface area contributed by atoms with Gasteiger partial charge in [-0.2, -0.15) is 0 Å². The lowest BCUT2D eigenvalue weighted by Crippen LogP contribution is -2.52. The zero-order valence-corrected chi connectivity index (χ0v) is 6.99. The average molecular weight is 191 g/mol. The van der Waals surface area contributed by atoms with E-state index in [1.165, 1.54) is 18.2 Å². The van der Waals surface area contributed by atoms with E-state index in [0.29, 0.717) is 5.41 Å². The van der Waals surface area contributed by atoms with Gasteiger partial charge in [0.25, 0.3) is 0 Å². The number of hydrogen-bond donors (Lipinski definition) is 0. The molecule has 52 valence electrons. The molecule has 0 aromatic rings. The maximum Gasteiger partial charge on any atom is 0.0545 e.